The number of carbonyl (C=O) groups excluding carboxylic acids is 5. The van der Waals surface area contributed by atoms with E-state index < -0.39 is 55.0 Å². The van der Waals surface area contributed by atoms with Crippen molar-refractivity contribution in [2.24, 2.45) is 16.8 Å². The third kappa shape index (κ3) is 16.6. The molecule has 17 nitrogen and oxygen atoms in total. The number of aliphatic hydroxyl groups is 1. The van der Waals surface area contributed by atoms with E-state index in [9.17, 15) is 29.1 Å². The maximum absolute atomic E-state index is 13.2. The number of hydrogen-bond acceptors (Lipinski definition) is 9. The SMILES string of the molecule is CC(C)[C@H](NC(=O)COCC(=O)NCCOCCN=[N+]=[N-])C(=O)N[C@@H](CCCNC(N)=O)C(=O)Nc1ccc(CO)cc1. The van der Waals surface area contributed by atoms with E-state index in [1.807, 2.05) is 0 Å². The Bertz CT molecular complexity index is 1090. The number of rotatable bonds is 21. The number of ether oxygens (including phenoxy) is 2. The summed E-state index contributed by atoms with van der Waals surface area (Å²) >= 11 is 0. The van der Waals surface area contributed by atoms with Gasteiger partial charge in [-0.05, 0) is 42.0 Å². The van der Waals surface area contributed by atoms with Crippen molar-refractivity contribution in [1.29, 1.82) is 0 Å². The minimum Gasteiger partial charge on any atom is -0.392 e. The fourth-order valence-corrected chi connectivity index (χ4v) is 3.52. The maximum Gasteiger partial charge on any atom is 0.312 e. The lowest BCUT2D eigenvalue weighted by Crippen LogP contribution is -2.55. The van der Waals surface area contributed by atoms with Crippen LogP contribution in [0, 0.1) is 5.92 Å². The third-order valence-electron chi connectivity index (χ3n) is 5.71. The smallest absolute Gasteiger partial charge is 0.312 e. The van der Waals surface area contributed by atoms with Gasteiger partial charge in [0.05, 0.1) is 19.8 Å². The molecule has 0 heterocycles. The van der Waals surface area contributed by atoms with Crippen LogP contribution >= 0.6 is 0 Å². The topological polar surface area (TPSA) is 259 Å². The van der Waals surface area contributed by atoms with E-state index >= 15 is 0 Å². The molecule has 0 aliphatic heterocycles. The molecule has 6 amide bonds. The largest absolute Gasteiger partial charge is 0.392 e. The Balaban J connectivity index is 2.65. The summed E-state index contributed by atoms with van der Waals surface area (Å²) in [6.45, 7) is 3.36. The van der Waals surface area contributed by atoms with E-state index in [2.05, 4.69) is 36.6 Å². The van der Waals surface area contributed by atoms with Crippen LogP contribution in [0.5, 0.6) is 0 Å². The number of primary amides is 1. The number of azide groups is 1. The number of benzene rings is 1. The molecule has 8 N–H and O–H groups in total. The minimum atomic E-state index is -1.02. The summed E-state index contributed by atoms with van der Waals surface area (Å²) in [7, 11) is 0. The van der Waals surface area contributed by atoms with Crippen LogP contribution in [0.2, 0.25) is 0 Å². The molecule has 0 fully saturated rings. The Kier molecular flexibility index (Phi) is 18.1. The van der Waals surface area contributed by atoms with Gasteiger partial charge in [-0.2, -0.15) is 0 Å². The third-order valence-corrected chi connectivity index (χ3v) is 5.71. The zero-order valence-corrected chi connectivity index (χ0v) is 24.3. The van der Waals surface area contributed by atoms with Gasteiger partial charge in [0, 0.05) is 30.2 Å². The number of urea groups is 1. The van der Waals surface area contributed by atoms with Crippen molar-refractivity contribution in [3.8, 4) is 0 Å². The quantitative estimate of drug-likeness (QED) is 0.0419. The average molecular weight is 608 g/mol. The fourth-order valence-electron chi connectivity index (χ4n) is 3.52. The molecule has 0 aromatic heterocycles. The first-order valence-corrected chi connectivity index (χ1v) is 13.6. The normalized spacial score (nSPS) is 11.9. The Morgan fingerprint density at radius 3 is 2.28 bits per heavy atom. The average Bonchev–Trinajstić information content (AvgIpc) is 2.96. The highest BCUT2D eigenvalue weighted by atomic mass is 16.5. The molecular formula is C26H41N9O8. The van der Waals surface area contributed by atoms with Gasteiger partial charge < -0.3 is 46.9 Å². The molecule has 2 atom stereocenters. The van der Waals surface area contributed by atoms with Gasteiger partial charge in [-0.15, -0.1) is 0 Å². The van der Waals surface area contributed by atoms with E-state index in [0.717, 1.165) is 0 Å². The second-order valence-corrected chi connectivity index (χ2v) is 9.54. The Morgan fingerprint density at radius 1 is 0.953 bits per heavy atom. The van der Waals surface area contributed by atoms with Crippen LogP contribution in [0.15, 0.2) is 29.4 Å². The molecule has 0 radical (unpaired) electrons. The van der Waals surface area contributed by atoms with E-state index in [1.165, 1.54) is 0 Å². The monoisotopic (exact) mass is 607 g/mol. The first-order chi connectivity index (χ1) is 20.6. The van der Waals surface area contributed by atoms with E-state index in [0.29, 0.717) is 17.7 Å². The van der Waals surface area contributed by atoms with E-state index in [-0.39, 0.29) is 51.8 Å². The molecule has 0 bridgehead atoms. The van der Waals surface area contributed by atoms with Crippen LogP contribution in [0.4, 0.5) is 10.5 Å². The van der Waals surface area contributed by atoms with E-state index in [1.54, 1.807) is 38.1 Å². The standard InChI is InChI=1S/C26H41N9O8/c1-17(2)23(34-22(38)16-43-15-21(37)29-10-12-42-13-11-31-35-28)25(40)33-20(4-3-9-30-26(27)41)24(39)32-19-7-5-18(14-36)6-8-19/h5-8,17,20,23,36H,3-4,9-16H2,1-2H3,(H,29,37)(H,32,39)(H,33,40)(H,34,38)(H3,27,30,41)/t20-,23-/m0/s1. The molecule has 0 saturated carbocycles. The molecule has 43 heavy (non-hydrogen) atoms. The maximum atomic E-state index is 13.2. The number of carbonyl (C=O) groups is 5. The van der Waals surface area contributed by atoms with Crippen LogP contribution in [-0.4, -0.2) is 92.9 Å². The van der Waals surface area contributed by atoms with Crippen molar-refractivity contribution in [2.45, 2.75) is 45.4 Å². The van der Waals surface area contributed by atoms with Gasteiger partial charge in [0.25, 0.3) is 0 Å². The fraction of sp³-hybridized carbons (Fsp3) is 0.577. The molecular weight excluding hydrogens is 566 g/mol. The van der Waals surface area contributed by atoms with E-state index in [4.69, 9.17) is 20.7 Å². The number of aliphatic hydroxyl groups excluding tert-OH is 1. The number of nitrogens with two attached hydrogens (primary N) is 1. The second-order valence-electron chi connectivity index (χ2n) is 9.54. The van der Waals surface area contributed by atoms with Crippen LogP contribution < -0.4 is 32.3 Å². The summed E-state index contributed by atoms with van der Waals surface area (Å²) in [6, 6.07) is 3.75. The summed E-state index contributed by atoms with van der Waals surface area (Å²) in [5.74, 6) is -2.61. The zero-order valence-electron chi connectivity index (χ0n) is 24.3. The first kappa shape index (κ1) is 36.6. The van der Waals surface area contributed by atoms with Crippen molar-refractivity contribution in [1.82, 2.24) is 21.3 Å². The Labute approximate surface area is 249 Å². The summed E-state index contributed by atoms with van der Waals surface area (Å²) in [5, 5.41) is 25.4. The van der Waals surface area contributed by atoms with Gasteiger partial charge >= 0.3 is 6.03 Å². The van der Waals surface area contributed by atoms with Crippen LogP contribution in [0.1, 0.15) is 32.3 Å². The minimum absolute atomic E-state index is 0.155. The van der Waals surface area contributed by atoms with Crippen molar-refractivity contribution >= 4 is 35.3 Å². The van der Waals surface area contributed by atoms with Gasteiger partial charge in [0.2, 0.25) is 23.6 Å². The van der Waals surface area contributed by atoms with Crippen molar-refractivity contribution in [2.75, 3.05) is 51.4 Å². The number of hydrogen-bond donors (Lipinski definition) is 7. The van der Waals surface area contributed by atoms with Crippen LogP contribution in [0.3, 0.4) is 0 Å². The molecule has 0 unspecified atom stereocenters. The molecule has 0 aliphatic rings. The van der Waals surface area contributed by atoms with Crippen LogP contribution in [-0.2, 0) is 35.3 Å². The number of amides is 6. The molecule has 238 valence electrons. The van der Waals surface area contributed by atoms with Crippen molar-refractivity contribution < 1.29 is 38.6 Å². The second kappa shape index (κ2) is 21.3. The number of nitrogens with one attached hydrogen (secondary N) is 5. The Morgan fingerprint density at radius 2 is 1.65 bits per heavy atom. The van der Waals surface area contributed by atoms with Crippen molar-refractivity contribution in [3.63, 3.8) is 0 Å². The molecule has 0 spiro atoms. The van der Waals surface area contributed by atoms with Crippen molar-refractivity contribution in [3.05, 3.63) is 40.3 Å². The number of anilines is 1. The zero-order chi connectivity index (χ0) is 32.0. The summed E-state index contributed by atoms with van der Waals surface area (Å²) in [6.07, 6.45) is 0.476. The van der Waals surface area contributed by atoms with Gasteiger partial charge in [-0.3, -0.25) is 19.2 Å². The van der Waals surface area contributed by atoms with Gasteiger partial charge in [0.1, 0.15) is 25.3 Å². The first-order valence-electron chi connectivity index (χ1n) is 13.6. The lowest BCUT2D eigenvalue weighted by atomic mass is 10.0. The molecule has 1 aromatic rings. The lowest BCUT2D eigenvalue weighted by Gasteiger charge is -2.25. The molecule has 0 aliphatic carbocycles. The van der Waals surface area contributed by atoms with Gasteiger partial charge in [0.15, 0.2) is 0 Å². The molecule has 0 saturated heterocycles. The van der Waals surface area contributed by atoms with Gasteiger partial charge in [-0.25, -0.2) is 4.79 Å². The summed E-state index contributed by atoms with van der Waals surface area (Å²) < 4.78 is 10.3. The highest BCUT2D eigenvalue weighted by Gasteiger charge is 2.29. The van der Waals surface area contributed by atoms with Crippen LogP contribution in [0.25, 0.3) is 10.4 Å². The highest BCUT2D eigenvalue weighted by Crippen LogP contribution is 2.12. The van der Waals surface area contributed by atoms with Gasteiger partial charge in [-0.1, -0.05) is 31.1 Å². The predicted octanol–water partition coefficient (Wildman–Crippen LogP) is -0.349. The number of nitrogens with zero attached hydrogens (tertiary/aromatic N) is 3. The lowest BCUT2D eigenvalue weighted by molar-refractivity contribution is -0.135. The predicted molar refractivity (Wildman–Crippen MR) is 155 cm³/mol. The Hall–Kier alpha value is -4.44. The molecule has 1 aromatic carbocycles. The molecule has 1 rings (SSSR count). The summed E-state index contributed by atoms with van der Waals surface area (Å²) in [5.41, 5.74) is 14.4. The summed E-state index contributed by atoms with van der Waals surface area (Å²) in [4.78, 5) is 64.1. The highest BCUT2D eigenvalue weighted by molar-refractivity contribution is 5.98. The molecule has 17 heteroatoms.